The molecule has 3 nitrogen and oxygen atoms in total. The molecule has 1 aliphatic rings. The fourth-order valence-corrected chi connectivity index (χ4v) is 2.37. The Morgan fingerprint density at radius 1 is 1.17 bits per heavy atom. The van der Waals surface area contributed by atoms with Gasteiger partial charge in [0.25, 0.3) is 0 Å². The minimum atomic E-state index is 0.288. The van der Waals surface area contributed by atoms with Crippen LogP contribution in [0.15, 0.2) is 42.5 Å². The molecule has 0 aromatic heterocycles. The monoisotopic (exact) mass is 240 g/mol. The summed E-state index contributed by atoms with van der Waals surface area (Å²) in [5.74, 6) is 0.288. The minimum Gasteiger partial charge on any atom is -0.508 e. The van der Waals surface area contributed by atoms with E-state index in [9.17, 15) is 5.11 Å². The molecule has 0 radical (unpaired) electrons. The lowest BCUT2D eigenvalue weighted by atomic mass is 10.1. The molecule has 2 aromatic rings. The van der Waals surface area contributed by atoms with Crippen LogP contribution in [0.4, 0.5) is 11.4 Å². The summed E-state index contributed by atoms with van der Waals surface area (Å²) in [5.41, 5.74) is 4.87. The summed E-state index contributed by atoms with van der Waals surface area (Å²) in [6.45, 7) is 1.79. The van der Waals surface area contributed by atoms with E-state index in [1.165, 1.54) is 16.8 Å². The van der Waals surface area contributed by atoms with Crippen LogP contribution in [0, 0.1) is 0 Å². The van der Waals surface area contributed by atoms with Crippen molar-refractivity contribution in [2.75, 3.05) is 17.2 Å². The second kappa shape index (κ2) is 4.61. The molecular formula is C15H16N2O. The molecule has 18 heavy (non-hydrogen) atoms. The second-order valence-corrected chi connectivity index (χ2v) is 4.53. The van der Waals surface area contributed by atoms with E-state index in [1.54, 1.807) is 12.1 Å². The molecule has 0 saturated heterocycles. The Kier molecular flexibility index (Phi) is 2.81. The van der Waals surface area contributed by atoms with Gasteiger partial charge in [0.05, 0.1) is 0 Å². The molecule has 0 fully saturated rings. The third kappa shape index (κ3) is 2.12. The summed E-state index contributed by atoms with van der Waals surface area (Å²) in [4.78, 5) is 0. The Morgan fingerprint density at radius 3 is 2.94 bits per heavy atom. The van der Waals surface area contributed by atoms with Gasteiger partial charge in [0, 0.05) is 30.5 Å². The highest BCUT2D eigenvalue weighted by Gasteiger charge is 2.12. The normalized spacial score (nSPS) is 12.9. The fraction of sp³-hybridized carbons (Fsp3) is 0.200. The first-order valence-electron chi connectivity index (χ1n) is 6.20. The van der Waals surface area contributed by atoms with Crippen molar-refractivity contribution in [2.24, 2.45) is 0 Å². The third-order valence-corrected chi connectivity index (χ3v) is 3.26. The molecule has 0 spiro atoms. The zero-order valence-corrected chi connectivity index (χ0v) is 10.1. The van der Waals surface area contributed by atoms with Crippen LogP contribution in [0.25, 0.3) is 0 Å². The summed E-state index contributed by atoms with van der Waals surface area (Å²) in [7, 11) is 0. The number of nitrogens with one attached hydrogen (secondary N) is 2. The van der Waals surface area contributed by atoms with Crippen molar-refractivity contribution in [2.45, 2.75) is 13.0 Å². The van der Waals surface area contributed by atoms with E-state index >= 15 is 0 Å². The first-order valence-corrected chi connectivity index (χ1v) is 6.20. The number of para-hydroxylation sites is 1. The van der Waals surface area contributed by atoms with Crippen LogP contribution in [0.5, 0.6) is 5.75 Å². The number of aromatic hydroxyl groups is 1. The molecule has 3 rings (SSSR count). The number of anilines is 2. The Hall–Kier alpha value is -2.16. The van der Waals surface area contributed by atoms with Crippen LogP contribution in [-0.2, 0) is 13.0 Å². The highest BCUT2D eigenvalue weighted by atomic mass is 16.3. The number of fused-ring (bicyclic) bond motifs is 1. The van der Waals surface area contributed by atoms with Crippen molar-refractivity contribution in [3.8, 4) is 5.75 Å². The van der Waals surface area contributed by atoms with Gasteiger partial charge in [-0.1, -0.05) is 24.3 Å². The van der Waals surface area contributed by atoms with Crippen molar-refractivity contribution < 1.29 is 5.11 Å². The average Bonchev–Trinajstić information content (AvgIpc) is 2.85. The van der Waals surface area contributed by atoms with E-state index in [4.69, 9.17) is 0 Å². The predicted molar refractivity (Wildman–Crippen MR) is 74.1 cm³/mol. The molecule has 0 saturated carbocycles. The summed E-state index contributed by atoms with van der Waals surface area (Å²) in [6, 6.07) is 13.6. The number of benzene rings is 2. The van der Waals surface area contributed by atoms with Crippen molar-refractivity contribution in [1.82, 2.24) is 0 Å². The molecule has 3 N–H and O–H groups in total. The van der Waals surface area contributed by atoms with Crippen LogP contribution in [0.1, 0.15) is 11.1 Å². The fourth-order valence-electron chi connectivity index (χ4n) is 2.37. The zero-order chi connectivity index (χ0) is 12.4. The predicted octanol–water partition coefficient (Wildman–Crippen LogP) is 2.97. The molecule has 92 valence electrons. The van der Waals surface area contributed by atoms with Crippen LogP contribution in [-0.4, -0.2) is 11.7 Å². The largest absolute Gasteiger partial charge is 0.508 e. The van der Waals surface area contributed by atoms with E-state index in [0.717, 1.165) is 25.2 Å². The number of hydrogen-bond donors (Lipinski definition) is 3. The van der Waals surface area contributed by atoms with E-state index in [-0.39, 0.29) is 5.75 Å². The maximum atomic E-state index is 9.41. The molecule has 0 bridgehead atoms. The maximum absolute atomic E-state index is 9.41. The van der Waals surface area contributed by atoms with E-state index in [2.05, 4.69) is 28.8 Å². The van der Waals surface area contributed by atoms with Gasteiger partial charge in [0.2, 0.25) is 0 Å². The highest BCUT2D eigenvalue weighted by Crippen LogP contribution is 2.27. The van der Waals surface area contributed by atoms with Crippen molar-refractivity contribution in [3.63, 3.8) is 0 Å². The molecular weight excluding hydrogens is 224 g/mol. The third-order valence-electron chi connectivity index (χ3n) is 3.26. The molecule has 0 atom stereocenters. The van der Waals surface area contributed by atoms with Gasteiger partial charge in [-0.25, -0.2) is 0 Å². The first-order chi connectivity index (χ1) is 8.83. The number of phenols is 1. The van der Waals surface area contributed by atoms with Gasteiger partial charge in [0.1, 0.15) is 5.75 Å². The first kappa shape index (κ1) is 11.0. The Bertz CT molecular complexity index is 566. The van der Waals surface area contributed by atoms with Gasteiger partial charge in [0.15, 0.2) is 0 Å². The molecule has 3 heteroatoms. The summed E-state index contributed by atoms with van der Waals surface area (Å²) in [6.07, 6.45) is 1.11. The molecule has 1 aliphatic heterocycles. The van der Waals surface area contributed by atoms with Crippen LogP contribution >= 0.6 is 0 Å². The summed E-state index contributed by atoms with van der Waals surface area (Å²) < 4.78 is 0. The van der Waals surface area contributed by atoms with Gasteiger partial charge in [-0.05, 0) is 29.7 Å². The molecule has 1 heterocycles. The number of hydrogen-bond acceptors (Lipinski definition) is 3. The maximum Gasteiger partial charge on any atom is 0.117 e. The lowest BCUT2D eigenvalue weighted by molar-refractivity contribution is 0.475. The lowest BCUT2D eigenvalue weighted by Crippen LogP contribution is -2.02. The topological polar surface area (TPSA) is 44.3 Å². The Balaban J connectivity index is 1.76. The van der Waals surface area contributed by atoms with E-state index < -0.39 is 0 Å². The average molecular weight is 240 g/mol. The summed E-state index contributed by atoms with van der Waals surface area (Å²) in [5, 5.41) is 16.2. The van der Waals surface area contributed by atoms with Gasteiger partial charge in [-0.2, -0.15) is 0 Å². The van der Waals surface area contributed by atoms with Gasteiger partial charge >= 0.3 is 0 Å². The van der Waals surface area contributed by atoms with Gasteiger partial charge in [-0.3, -0.25) is 0 Å². The molecule has 0 aliphatic carbocycles. The zero-order valence-electron chi connectivity index (χ0n) is 10.1. The quantitative estimate of drug-likeness (QED) is 0.772. The van der Waals surface area contributed by atoms with Gasteiger partial charge < -0.3 is 15.7 Å². The van der Waals surface area contributed by atoms with Crippen molar-refractivity contribution >= 4 is 11.4 Å². The highest BCUT2D eigenvalue weighted by molar-refractivity contribution is 5.62. The standard InChI is InChI=1S/C15H16N2O/c18-14-6-2-5-13(9-14)17-10-12-4-1-3-11-7-8-16-15(11)12/h1-6,9,16-18H,7-8,10H2. The number of rotatable bonds is 3. The number of phenolic OH excluding ortho intramolecular Hbond substituents is 1. The minimum absolute atomic E-state index is 0.288. The van der Waals surface area contributed by atoms with Crippen LogP contribution in [0.2, 0.25) is 0 Å². The van der Waals surface area contributed by atoms with Crippen LogP contribution in [0.3, 0.4) is 0 Å². The smallest absolute Gasteiger partial charge is 0.117 e. The molecule has 0 amide bonds. The Morgan fingerprint density at radius 2 is 2.06 bits per heavy atom. The summed E-state index contributed by atoms with van der Waals surface area (Å²) >= 11 is 0. The molecule has 0 unspecified atom stereocenters. The van der Waals surface area contributed by atoms with Crippen molar-refractivity contribution in [3.05, 3.63) is 53.6 Å². The van der Waals surface area contributed by atoms with E-state index in [1.807, 2.05) is 12.1 Å². The SMILES string of the molecule is Oc1cccc(NCc2cccc3c2NCC3)c1. The van der Waals surface area contributed by atoms with Crippen molar-refractivity contribution in [1.29, 1.82) is 0 Å². The van der Waals surface area contributed by atoms with Crippen LogP contribution < -0.4 is 10.6 Å². The molecule has 2 aromatic carbocycles. The van der Waals surface area contributed by atoms with E-state index in [0.29, 0.717) is 0 Å². The second-order valence-electron chi connectivity index (χ2n) is 4.53. The van der Waals surface area contributed by atoms with Gasteiger partial charge in [-0.15, -0.1) is 0 Å². The Labute approximate surface area is 106 Å². The lowest BCUT2D eigenvalue weighted by Gasteiger charge is -2.11.